The predicted molar refractivity (Wildman–Crippen MR) is 123 cm³/mol. The van der Waals surface area contributed by atoms with Gasteiger partial charge in [-0.2, -0.15) is 0 Å². The Balaban J connectivity index is 2.13. The first-order chi connectivity index (χ1) is 14.2. The summed E-state index contributed by atoms with van der Waals surface area (Å²) >= 11 is 0. The van der Waals surface area contributed by atoms with Crippen molar-refractivity contribution in [2.24, 2.45) is 0 Å². The Kier molecular flexibility index (Phi) is 3.63. The molecule has 0 aromatic heterocycles. The number of benzene rings is 5. The number of hydrogen-bond acceptors (Lipinski definition) is 4. The standard InChI is InChI=1S/C26H18O4/c1-11-6-5-7-15-8-16-9-17-10-18-22(24(28)26(30)25(29)23(18)27)14(4)21(17)13(3)20(16)12(2)19(11)15/h5-10H,1-4H3. The van der Waals surface area contributed by atoms with Crippen molar-refractivity contribution < 1.29 is 0 Å². The molecule has 0 bridgehead atoms. The maximum absolute atomic E-state index is 12.6. The van der Waals surface area contributed by atoms with Crippen molar-refractivity contribution in [3.05, 3.63) is 99.5 Å². The van der Waals surface area contributed by atoms with E-state index in [1.165, 1.54) is 10.9 Å². The predicted octanol–water partition coefficient (Wildman–Crippen LogP) is 3.85. The molecule has 0 saturated heterocycles. The topological polar surface area (TPSA) is 68.3 Å². The van der Waals surface area contributed by atoms with Crippen LogP contribution in [-0.2, 0) is 0 Å². The van der Waals surface area contributed by atoms with Gasteiger partial charge in [0.15, 0.2) is 0 Å². The van der Waals surface area contributed by atoms with E-state index in [0.717, 1.165) is 38.1 Å². The van der Waals surface area contributed by atoms with Crippen LogP contribution < -0.4 is 21.7 Å². The third kappa shape index (κ3) is 2.16. The average Bonchev–Trinajstić information content (AvgIpc) is 2.70. The Hall–Kier alpha value is -3.66. The summed E-state index contributed by atoms with van der Waals surface area (Å²) < 4.78 is 0. The fourth-order valence-electron chi connectivity index (χ4n) is 5.18. The van der Waals surface area contributed by atoms with Crippen LogP contribution in [-0.4, -0.2) is 0 Å². The van der Waals surface area contributed by atoms with E-state index < -0.39 is 21.7 Å². The highest BCUT2D eigenvalue weighted by Gasteiger charge is 2.19. The minimum absolute atomic E-state index is 0.0294. The lowest BCUT2D eigenvalue weighted by molar-refractivity contribution is 1.38. The monoisotopic (exact) mass is 394 g/mol. The van der Waals surface area contributed by atoms with Gasteiger partial charge in [0, 0.05) is 10.8 Å². The van der Waals surface area contributed by atoms with Crippen molar-refractivity contribution in [1.82, 2.24) is 0 Å². The summed E-state index contributed by atoms with van der Waals surface area (Å²) in [6.45, 7) is 7.94. The lowest BCUT2D eigenvalue weighted by Gasteiger charge is -2.16. The number of aryl methyl sites for hydroxylation is 4. The maximum atomic E-state index is 12.6. The van der Waals surface area contributed by atoms with E-state index in [1.807, 2.05) is 19.1 Å². The first kappa shape index (κ1) is 18.4. The largest absolute Gasteiger partial charge is 0.285 e. The summed E-state index contributed by atoms with van der Waals surface area (Å²) in [5.74, 6) is 0. The van der Waals surface area contributed by atoms with Crippen LogP contribution >= 0.6 is 0 Å². The number of fused-ring (bicyclic) bond motifs is 4. The molecule has 30 heavy (non-hydrogen) atoms. The number of rotatable bonds is 0. The quantitative estimate of drug-likeness (QED) is 0.296. The summed E-state index contributed by atoms with van der Waals surface area (Å²) in [6, 6.07) is 11.9. The van der Waals surface area contributed by atoms with Crippen LogP contribution in [0.15, 0.2) is 55.6 Å². The van der Waals surface area contributed by atoms with Crippen molar-refractivity contribution in [2.45, 2.75) is 27.7 Å². The average molecular weight is 394 g/mol. The van der Waals surface area contributed by atoms with Gasteiger partial charge in [-0.05, 0) is 100 Å². The lowest BCUT2D eigenvalue weighted by Crippen LogP contribution is -2.46. The zero-order valence-corrected chi connectivity index (χ0v) is 17.1. The summed E-state index contributed by atoms with van der Waals surface area (Å²) in [4.78, 5) is 49.0. The molecule has 0 aliphatic rings. The van der Waals surface area contributed by atoms with Gasteiger partial charge in [0.05, 0.1) is 0 Å². The SMILES string of the molecule is Cc1cccc2cc3cc4cc5c(=O)c(=O)c(=O)c(=O)c5c(C)c4c(C)c3c(C)c12. The van der Waals surface area contributed by atoms with E-state index in [0.29, 0.717) is 5.56 Å². The summed E-state index contributed by atoms with van der Waals surface area (Å²) in [5, 5.41) is 6.20. The van der Waals surface area contributed by atoms with Gasteiger partial charge < -0.3 is 0 Å². The highest BCUT2D eigenvalue weighted by atomic mass is 16.2. The van der Waals surface area contributed by atoms with E-state index in [-0.39, 0.29) is 10.8 Å². The molecule has 0 fully saturated rings. The Labute approximate surface area is 170 Å². The maximum Gasteiger partial charge on any atom is 0.277 e. The molecule has 4 nitrogen and oxygen atoms in total. The third-order valence-electron chi connectivity index (χ3n) is 6.41. The molecule has 0 saturated carbocycles. The molecule has 5 rings (SSSR count). The van der Waals surface area contributed by atoms with Crippen molar-refractivity contribution in [2.75, 3.05) is 0 Å². The Bertz CT molecular complexity index is 1800. The van der Waals surface area contributed by atoms with Crippen LogP contribution in [0.25, 0.3) is 43.1 Å². The van der Waals surface area contributed by atoms with E-state index in [9.17, 15) is 19.2 Å². The molecule has 5 aromatic carbocycles. The van der Waals surface area contributed by atoms with Crippen molar-refractivity contribution >= 4 is 43.1 Å². The van der Waals surface area contributed by atoms with Gasteiger partial charge in [-0.3, -0.25) is 19.2 Å². The van der Waals surface area contributed by atoms with E-state index in [4.69, 9.17) is 0 Å². The van der Waals surface area contributed by atoms with Crippen molar-refractivity contribution in [1.29, 1.82) is 0 Å². The smallest absolute Gasteiger partial charge is 0.277 e. The third-order valence-corrected chi connectivity index (χ3v) is 6.41. The van der Waals surface area contributed by atoms with E-state index in [2.05, 4.69) is 32.0 Å². The molecule has 5 aromatic rings. The summed E-state index contributed by atoms with van der Waals surface area (Å²) in [7, 11) is 0. The zero-order chi connectivity index (χ0) is 21.5. The molecule has 0 aliphatic heterocycles. The minimum Gasteiger partial charge on any atom is -0.285 e. The minimum atomic E-state index is -1.25. The molecule has 0 N–H and O–H groups in total. The summed E-state index contributed by atoms with van der Waals surface area (Å²) in [5.41, 5.74) is -0.362. The molecule has 0 atom stereocenters. The van der Waals surface area contributed by atoms with Gasteiger partial charge in [0.1, 0.15) is 0 Å². The Morgan fingerprint density at radius 1 is 0.500 bits per heavy atom. The molecular formula is C26H18O4. The molecule has 4 heteroatoms. The summed E-state index contributed by atoms with van der Waals surface area (Å²) in [6.07, 6.45) is 0. The van der Waals surface area contributed by atoms with Gasteiger partial charge in [-0.25, -0.2) is 0 Å². The van der Waals surface area contributed by atoms with Crippen LogP contribution in [0.3, 0.4) is 0 Å². The Morgan fingerprint density at radius 2 is 1.03 bits per heavy atom. The first-order valence-electron chi connectivity index (χ1n) is 9.79. The van der Waals surface area contributed by atoms with Crippen LogP contribution in [0.1, 0.15) is 22.3 Å². The highest BCUT2D eigenvalue weighted by molar-refractivity contribution is 6.14. The van der Waals surface area contributed by atoms with Crippen LogP contribution in [0.2, 0.25) is 0 Å². The van der Waals surface area contributed by atoms with Crippen LogP contribution in [0, 0.1) is 27.7 Å². The second kappa shape index (κ2) is 5.92. The van der Waals surface area contributed by atoms with Gasteiger partial charge in [-0.1, -0.05) is 18.2 Å². The van der Waals surface area contributed by atoms with Crippen LogP contribution in [0.5, 0.6) is 0 Å². The molecule has 0 amide bonds. The fraction of sp³-hybridized carbons (Fsp3) is 0.154. The van der Waals surface area contributed by atoms with Crippen LogP contribution in [0.4, 0.5) is 0 Å². The van der Waals surface area contributed by atoms with Gasteiger partial charge in [-0.15, -0.1) is 0 Å². The lowest BCUT2D eigenvalue weighted by atomic mass is 9.87. The second-order valence-corrected chi connectivity index (χ2v) is 8.11. The second-order valence-electron chi connectivity index (χ2n) is 8.11. The molecule has 0 unspecified atom stereocenters. The van der Waals surface area contributed by atoms with Gasteiger partial charge in [0.25, 0.3) is 10.9 Å². The molecule has 0 radical (unpaired) electrons. The highest BCUT2D eigenvalue weighted by Crippen LogP contribution is 2.37. The fourth-order valence-corrected chi connectivity index (χ4v) is 5.18. The van der Waals surface area contributed by atoms with Crippen molar-refractivity contribution in [3.63, 3.8) is 0 Å². The van der Waals surface area contributed by atoms with E-state index >= 15 is 0 Å². The molecule has 0 aliphatic carbocycles. The Morgan fingerprint density at radius 3 is 1.73 bits per heavy atom. The first-order valence-corrected chi connectivity index (χ1v) is 9.79. The number of hydrogen-bond donors (Lipinski definition) is 0. The van der Waals surface area contributed by atoms with Crippen molar-refractivity contribution in [3.8, 4) is 0 Å². The molecule has 146 valence electrons. The normalized spacial score (nSPS) is 11.9. The molecule has 0 spiro atoms. The molecule has 0 heterocycles. The van der Waals surface area contributed by atoms with Gasteiger partial charge in [0.2, 0.25) is 10.9 Å². The zero-order valence-electron chi connectivity index (χ0n) is 17.1. The van der Waals surface area contributed by atoms with E-state index in [1.54, 1.807) is 13.0 Å². The molecular weight excluding hydrogens is 376 g/mol. The van der Waals surface area contributed by atoms with Gasteiger partial charge >= 0.3 is 0 Å².